The zero-order chi connectivity index (χ0) is 15.6. The first-order valence-corrected chi connectivity index (χ1v) is 6.02. The first-order chi connectivity index (χ1) is 9.79. The van der Waals surface area contributed by atoms with Crippen LogP contribution in [0.25, 0.3) is 0 Å². The minimum absolute atomic E-state index is 0.0883. The summed E-state index contributed by atoms with van der Waals surface area (Å²) in [4.78, 5) is 15.5. The summed E-state index contributed by atoms with van der Waals surface area (Å²) in [6.45, 7) is 0. The Labute approximate surface area is 122 Å². The van der Waals surface area contributed by atoms with Crippen molar-refractivity contribution in [2.45, 2.75) is 12.3 Å². The molecule has 2 aromatic rings. The van der Waals surface area contributed by atoms with Crippen molar-refractivity contribution in [1.29, 1.82) is 0 Å². The zero-order valence-electron chi connectivity index (χ0n) is 10.6. The molecule has 0 aliphatic heterocycles. The number of rotatable bonds is 3. The van der Waals surface area contributed by atoms with Crippen molar-refractivity contribution in [3.05, 3.63) is 47.0 Å². The Balaban J connectivity index is 2.28. The number of esters is 1. The zero-order valence-corrected chi connectivity index (χ0v) is 11.4. The number of hydrogen-bond acceptors (Lipinski definition) is 4. The third-order valence-corrected chi connectivity index (χ3v) is 2.84. The van der Waals surface area contributed by atoms with Crippen molar-refractivity contribution in [3.8, 4) is 0 Å². The van der Waals surface area contributed by atoms with Crippen LogP contribution in [0.2, 0.25) is 5.02 Å². The minimum Gasteiger partial charge on any atom is -0.444 e. The van der Waals surface area contributed by atoms with E-state index in [1.54, 1.807) is 0 Å². The summed E-state index contributed by atoms with van der Waals surface area (Å²) in [5, 5.41) is 3.55. The lowest BCUT2D eigenvalue weighted by molar-refractivity contribution is -0.207. The van der Waals surface area contributed by atoms with E-state index < -0.39 is 18.2 Å². The van der Waals surface area contributed by atoms with Gasteiger partial charge in [-0.3, -0.25) is 9.67 Å². The van der Waals surface area contributed by atoms with Crippen LogP contribution in [-0.2, 0) is 11.8 Å². The Morgan fingerprint density at radius 3 is 2.67 bits per heavy atom. The largest absolute Gasteiger partial charge is 0.444 e. The first-order valence-electron chi connectivity index (χ1n) is 5.65. The highest BCUT2D eigenvalue weighted by Gasteiger charge is 2.45. The van der Waals surface area contributed by atoms with Crippen LogP contribution in [0.3, 0.4) is 0 Å². The second-order valence-electron chi connectivity index (χ2n) is 4.13. The van der Waals surface area contributed by atoms with Gasteiger partial charge < -0.3 is 4.74 Å². The van der Waals surface area contributed by atoms with Gasteiger partial charge in [-0.05, 0) is 6.07 Å². The summed E-state index contributed by atoms with van der Waals surface area (Å²) < 4.78 is 44.8. The molecule has 0 aliphatic rings. The highest BCUT2D eigenvalue weighted by molar-refractivity contribution is 6.33. The van der Waals surface area contributed by atoms with E-state index in [2.05, 4.69) is 14.8 Å². The molecule has 0 N–H and O–H groups in total. The van der Waals surface area contributed by atoms with Gasteiger partial charge in [0, 0.05) is 31.2 Å². The Bertz CT molecular complexity index is 657. The molecule has 9 heteroatoms. The van der Waals surface area contributed by atoms with Gasteiger partial charge in [-0.15, -0.1) is 0 Å². The molecular weight excluding hydrogens is 311 g/mol. The molecule has 0 aromatic carbocycles. The lowest BCUT2D eigenvalue weighted by Gasteiger charge is -2.19. The van der Waals surface area contributed by atoms with Gasteiger partial charge in [-0.25, -0.2) is 4.79 Å². The van der Waals surface area contributed by atoms with Crippen molar-refractivity contribution in [2.75, 3.05) is 0 Å². The fraction of sp³-hybridized carbons (Fsp3) is 0.250. The molecule has 112 valence electrons. The number of nitrogens with zero attached hydrogens (tertiary/aromatic N) is 3. The van der Waals surface area contributed by atoms with Crippen LogP contribution in [-0.4, -0.2) is 26.9 Å². The molecule has 0 radical (unpaired) electrons. The maximum absolute atomic E-state index is 13.0. The number of ether oxygens (including phenoxy) is 1. The Hall–Kier alpha value is -2.09. The van der Waals surface area contributed by atoms with Crippen molar-refractivity contribution >= 4 is 17.6 Å². The second-order valence-corrected chi connectivity index (χ2v) is 4.54. The van der Waals surface area contributed by atoms with Crippen LogP contribution in [0.4, 0.5) is 13.2 Å². The average Bonchev–Trinajstić information content (AvgIpc) is 2.81. The predicted molar refractivity (Wildman–Crippen MR) is 66.7 cm³/mol. The molecule has 0 spiro atoms. The van der Waals surface area contributed by atoms with Gasteiger partial charge in [0.2, 0.25) is 6.10 Å². The summed E-state index contributed by atoms with van der Waals surface area (Å²) >= 11 is 5.71. The summed E-state index contributed by atoms with van der Waals surface area (Å²) in [5.41, 5.74) is -0.465. The second kappa shape index (κ2) is 5.72. The van der Waals surface area contributed by atoms with Gasteiger partial charge in [0.05, 0.1) is 16.8 Å². The fourth-order valence-electron chi connectivity index (χ4n) is 1.61. The molecule has 2 heterocycles. The third-order valence-electron chi connectivity index (χ3n) is 2.54. The smallest absolute Gasteiger partial charge is 0.429 e. The molecular formula is C12H9ClF3N3O2. The van der Waals surface area contributed by atoms with Gasteiger partial charge in [-0.1, -0.05) is 11.6 Å². The molecule has 5 nitrogen and oxygen atoms in total. The number of carbonyl (C=O) groups excluding carboxylic acids is 1. The molecule has 0 saturated carbocycles. The Morgan fingerprint density at radius 2 is 2.14 bits per heavy atom. The number of hydrogen-bond donors (Lipinski definition) is 0. The van der Waals surface area contributed by atoms with E-state index >= 15 is 0 Å². The van der Waals surface area contributed by atoms with E-state index in [1.807, 2.05) is 0 Å². The minimum atomic E-state index is -4.77. The van der Waals surface area contributed by atoms with E-state index in [1.165, 1.54) is 24.0 Å². The number of alkyl halides is 3. The number of carbonyl (C=O) groups is 1. The molecule has 21 heavy (non-hydrogen) atoms. The van der Waals surface area contributed by atoms with Crippen LogP contribution >= 0.6 is 11.6 Å². The highest BCUT2D eigenvalue weighted by atomic mass is 35.5. The maximum Gasteiger partial charge on any atom is 0.429 e. The summed E-state index contributed by atoms with van der Waals surface area (Å²) in [7, 11) is 1.46. The Kier molecular flexibility index (Phi) is 4.17. The third kappa shape index (κ3) is 3.52. The summed E-state index contributed by atoms with van der Waals surface area (Å²) in [5.74, 6) is -1.19. The molecule has 0 aliphatic carbocycles. The summed E-state index contributed by atoms with van der Waals surface area (Å²) in [6, 6.07) is 1.18. The van der Waals surface area contributed by atoms with Crippen LogP contribution < -0.4 is 0 Å². The predicted octanol–water partition coefficient (Wildman–Crippen LogP) is 2.93. The molecule has 0 fully saturated rings. The Morgan fingerprint density at radius 1 is 1.43 bits per heavy atom. The van der Waals surface area contributed by atoms with Crippen LogP contribution in [0.15, 0.2) is 30.9 Å². The number of halogens is 4. The molecule has 0 saturated heterocycles. The number of aromatic nitrogens is 3. The van der Waals surface area contributed by atoms with E-state index in [-0.39, 0.29) is 16.1 Å². The molecule has 2 rings (SSSR count). The molecule has 0 bridgehead atoms. The van der Waals surface area contributed by atoms with Crippen LogP contribution in [0, 0.1) is 0 Å². The van der Waals surface area contributed by atoms with Gasteiger partial charge >= 0.3 is 12.1 Å². The summed E-state index contributed by atoms with van der Waals surface area (Å²) in [6.07, 6.45) is -2.69. The lowest BCUT2D eigenvalue weighted by Crippen LogP contribution is -2.26. The number of aryl methyl sites for hydroxylation is 1. The van der Waals surface area contributed by atoms with Crippen molar-refractivity contribution in [2.24, 2.45) is 7.05 Å². The maximum atomic E-state index is 13.0. The van der Waals surface area contributed by atoms with Crippen molar-refractivity contribution in [3.63, 3.8) is 0 Å². The highest BCUT2D eigenvalue weighted by Crippen LogP contribution is 2.36. The number of pyridine rings is 1. The van der Waals surface area contributed by atoms with Gasteiger partial charge in [-0.2, -0.15) is 18.3 Å². The van der Waals surface area contributed by atoms with Gasteiger partial charge in [0.15, 0.2) is 0 Å². The normalized spacial score (nSPS) is 13.0. The van der Waals surface area contributed by atoms with E-state index in [0.717, 1.165) is 18.6 Å². The first kappa shape index (κ1) is 15.3. The van der Waals surface area contributed by atoms with E-state index in [0.29, 0.717) is 0 Å². The SMILES string of the molecule is Cn1cc(C(OC(=O)c2ccncc2Cl)C(F)(F)F)cn1. The van der Waals surface area contributed by atoms with Crippen molar-refractivity contribution < 1.29 is 22.7 Å². The quantitative estimate of drug-likeness (QED) is 0.816. The molecule has 2 aromatic heterocycles. The van der Waals surface area contributed by atoms with Crippen molar-refractivity contribution in [1.82, 2.24) is 14.8 Å². The topological polar surface area (TPSA) is 57.0 Å². The molecule has 1 atom stereocenters. The van der Waals surface area contributed by atoms with E-state index in [4.69, 9.17) is 11.6 Å². The molecule has 0 amide bonds. The van der Waals surface area contributed by atoms with Gasteiger partial charge in [0.25, 0.3) is 0 Å². The van der Waals surface area contributed by atoms with Crippen LogP contribution in [0.1, 0.15) is 22.0 Å². The average molecular weight is 320 g/mol. The van der Waals surface area contributed by atoms with Gasteiger partial charge in [0.1, 0.15) is 0 Å². The molecule has 1 unspecified atom stereocenters. The lowest BCUT2D eigenvalue weighted by atomic mass is 10.2. The standard InChI is InChI=1S/C12H9ClF3N3O2/c1-19-6-7(4-18-19)10(12(14,15)16)21-11(20)8-2-3-17-5-9(8)13/h2-6,10H,1H3. The van der Waals surface area contributed by atoms with Crippen LogP contribution in [0.5, 0.6) is 0 Å². The fourth-order valence-corrected chi connectivity index (χ4v) is 1.81. The van der Waals surface area contributed by atoms with E-state index in [9.17, 15) is 18.0 Å². The monoisotopic (exact) mass is 319 g/mol.